The minimum atomic E-state index is -0.955. The van der Waals surface area contributed by atoms with E-state index < -0.39 is 11.9 Å². The Bertz CT molecular complexity index is 1340. The molecule has 0 fully saturated rings. The lowest BCUT2D eigenvalue weighted by Crippen LogP contribution is -2.14. The highest BCUT2D eigenvalue weighted by molar-refractivity contribution is 6.30. The fourth-order valence-electron chi connectivity index (χ4n) is 3.53. The first-order valence-corrected chi connectivity index (χ1v) is 10.6. The van der Waals surface area contributed by atoms with Gasteiger partial charge in [-0.05, 0) is 67.1 Å². The Morgan fingerprint density at radius 2 is 1.56 bits per heavy atom. The average molecular weight is 480 g/mol. The number of hydrogen-bond acceptors (Lipinski definition) is 4. The molecule has 0 radical (unpaired) electrons. The molecule has 7 nitrogen and oxygen atoms in total. The van der Waals surface area contributed by atoms with Crippen LogP contribution in [0.5, 0.6) is 5.75 Å². The SMILES string of the molecule is COc1ccc2c(c1)c(CC(=O)O)c(C)n2C(=O)c1ccc(Cl)cc1.O=C(O)c1ccccc1. The monoisotopic (exact) mass is 479 g/mol. The number of carboxylic acid groups (broad SMARTS) is 2. The number of aromatic carboxylic acids is 1. The highest BCUT2D eigenvalue weighted by atomic mass is 35.5. The van der Waals surface area contributed by atoms with Crippen LogP contribution in [0.25, 0.3) is 10.9 Å². The van der Waals surface area contributed by atoms with Crippen molar-refractivity contribution >= 4 is 40.3 Å². The van der Waals surface area contributed by atoms with E-state index in [-0.39, 0.29) is 12.3 Å². The topological polar surface area (TPSA) is 106 Å². The van der Waals surface area contributed by atoms with E-state index >= 15 is 0 Å². The number of carboxylic acids is 2. The van der Waals surface area contributed by atoms with Crippen molar-refractivity contribution < 1.29 is 29.3 Å². The van der Waals surface area contributed by atoms with Crippen molar-refractivity contribution in [1.29, 1.82) is 0 Å². The summed E-state index contributed by atoms with van der Waals surface area (Å²) in [5.74, 6) is -1.46. The molecule has 3 aromatic carbocycles. The van der Waals surface area contributed by atoms with E-state index in [2.05, 4.69) is 0 Å². The van der Waals surface area contributed by atoms with Crippen LogP contribution in [0.2, 0.25) is 5.02 Å². The van der Waals surface area contributed by atoms with Crippen LogP contribution in [-0.2, 0) is 11.2 Å². The minimum Gasteiger partial charge on any atom is -0.497 e. The van der Waals surface area contributed by atoms with Gasteiger partial charge in [0.1, 0.15) is 5.75 Å². The second kappa shape index (κ2) is 10.7. The third kappa shape index (κ3) is 5.44. The largest absolute Gasteiger partial charge is 0.497 e. The van der Waals surface area contributed by atoms with Gasteiger partial charge in [-0.1, -0.05) is 29.8 Å². The molecule has 0 amide bonds. The zero-order valence-electron chi connectivity index (χ0n) is 18.5. The third-order valence-electron chi connectivity index (χ3n) is 5.18. The maximum absolute atomic E-state index is 13.0. The predicted octanol–water partition coefficient (Wildman–Crippen LogP) is 5.31. The second-order valence-corrected chi connectivity index (χ2v) is 7.77. The first-order chi connectivity index (χ1) is 16.2. The molecule has 8 heteroatoms. The lowest BCUT2D eigenvalue weighted by molar-refractivity contribution is -0.136. The van der Waals surface area contributed by atoms with Gasteiger partial charge in [0.2, 0.25) is 0 Å². The molecular formula is C26H22ClNO6. The number of aromatic nitrogens is 1. The molecule has 0 unspecified atom stereocenters. The number of aliphatic carboxylic acids is 1. The number of hydrogen-bond donors (Lipinski definition) is 2. The van der Waals surface area contributed by atoms with Crippen molar-refractivity contribution in [2.24, 2.45) is 0 Å². The summed E-state index contributed by atoms with van der Waals surface area (Å²) < 4.78 is 6.77. The van der Waals surface area contributed by atoms with E-state index in [1.807, 2.05) is 0 Å². The summed E-state index contributed by atoms with van der Waals surface area (Å²) in [6.07, 6.45) is -0.170. The molecule has 174 valence electrons. The first kappa shape index (κ1) is 24.5. The second-order valence-electron chi connectivity index (χ2n) is 7.34. The van der Waals surface area contributed by atoms with Crippen molar-refractivity contribution in [1.82, 2.24) is 4.57 Å². The number of halogens is 1. The Morgan fingerprint density at radius 1 is 0.912 bits per heavy atom. The number of ether oxygens (including phenoxy) is 1. The number of carbonyl (C=O) groups is 3. The van der Waals surface area contributed by atoms with Gasteiger partial charge in [-0.2, -0.15) is 0 Å². The van der Waals surface area contributed by atoms with Crippen LogP contribution in [0.1, 0.15) is 32.0 Å². The summed E-state index contributed by atoms with van der Waals surface area (Å²) in [5, 5.41) is 18.9. The highest BCUT2D eigenvalue weighted by Gasteiger charge is 2.21. The van der Waals surface area contributed by atoms with Gasteiger partial charge in [-0.15, -0.1) is 0 Å². The molecule has 0 aliphatic carbocycles. The molecule has 0 aliphatic rings. The van der Waals surface area contributed by atoms with E-state index in [9.17, 15) is 19.5 Å². The number of rotatable bonds is 5. The Balaban J connectivity index is 0.000000302. The molecule has 2 N–H and O–H groups in total. The van der Waals surface area contributed by atoms with E-state index in [1.54, 1.807) is 86.8 Å². The van der Waals surface area contributed by atoms with Crippen molar-refractivity contribution in [3.8, 4) is 5.75 Å². The Kier molecular flexibility index (Phi) is 7.71. The molecule has 4 aromatic rings. The lowest BCUT2D eigenvalue weighted by atomic mass is 10.1. The number of nitrogens with zero attached hydrogens (tertiary/aromatic N) is 1. The summed E-state index contributed by atoms with van der Waals surface area (Å²) in [7, 11) is 1.54. The molecule has 1 heterocycles. The van der Waals surface area contributed by atoms with Gasteiger partial charge in [0.15, 0.2) is 0 Å². The Hall–Kier alpha value is -4.10. The average Bonchev–Trinajstić information content (AvgIpc) is 3.10. The van der Waals surface area contributed by atoms with Crippen LogP contribution in [0, 0.1) is 6.92 Å². The minimum absolute atomic E-state index is 0.170. The Labute approximate surface area is 200 Å². The summed E-state index contributed by atoms with van der Waals surface area (Å²) in [4.78, 5) is 34.5. The highest BCUT2D eigenvalue weighted by Crippen LogP contribution is 2.30. The van der Waals surface area contributed by atoms with Gasteiger partial charge in [0.25, 0.3) is 5.91 Å². The quantitative estimate of drug-likeness (QED) is 0.401. The van der Waals surface area contributed by atoms with Crippen LogP contribution in [0.15, 0.2) is 72.8 Å². The van der Waals surface area contributed by atoms with Crippen LogP contribution in [0.4, 0.5) is 0 Å². The van der Waals surface area contributed by atoms with E-state index in [1.165, 1.54) is 4.57 Å². The van der Waals surface area contributed by atoms with Gasteiger partial charge >= 0.3 is 11.9 Å². The van der Waals surface area contributed by atoms with Crippen molar-refractivity contribution in [3.05, 3.63) is 100 Å². The maximum Gasteiger partial charge on any atom is 0.335 e. The summed E-state index contributed by atoms with van der Waals surface area (Å²) >= 11 is 5.89. The van der Waals surface area contributed by atoms with E-state index in [0.29, 0.717) is 44.1 Å². The maximum atomic E-state index is 13.0. The predicted molar refractivity (Wildman–Crippen MR) is 129 cm³/mol. The van der Waals surface area contributed by atoms with Crippen LogP contribution < -0.4 is 4.74 Å². The summed E-state index contributed by atoms with van der Waals surface area (Å²) in [6, 6.07) is 20.2. The van der Waals surface area contributed by atoms with Crippen LogP contribution in [-0.4, -0.2) is 39.7 Å². The molecule has 0 saturated carbocycles. The van der Waals surface area contributed by atoms with Crippen molar-refractivity contribution in [3.63, 3.8) is 0 Å². The van der Waals surface area contributed by atoms with Crippen LogP contribution >= 0.6 is 11.6 Å². The standard InChI is InChI=1S/C19H16ClNO4.C7H6O2/c1-11-15(10-18(22)23)16-9-14(25-2)7-8-17(16)21(11)19(24)12-3-5-13(20)6-4-12;8-7(9)6-4-2-1-3-5-6/h3-9H,10H2,1-2H3,(H,22,23);1-5H,(H,8,9). The third-order valence-corrected chi connectivity index (χ3v) is 5.44. The fourth-order valence-corrected chi connectivity index (χ4v) is 3.65. The lowest BCUT2D eigenvalue weighted by Gasteiger charge is -2.08. The van der Waals surface area contributed by atoms with Gasteiger partial charge in [0, 0.05) is 21.7 Å². The van der Waals surface area contributed by atoms with Crippen molar-refractivity contribution in [2.45, 2.75) is 13.3 Å². The first-order valence-electron chi connectivity index (χ1n) is 10.2. The molecule has 0 saturated heterocycles. The number of fused-ring (bicyclic) bond motifs is 1. The smallest absolute Gasteiger partial charge is 0.335 e. The van der Waals surface area contributed by atoms with Gasteiger partial charge in [0.05, 0.1) is 24.6 Å². The molecule has 1 aromatic heterocycles. The summed E-state index contributed by atoms with van der Waals surface area (Å²) in [5.41, 5.74) is 2.66. The molecule has 0 spiro atoms. The fraction of sp³-hybridized carbons (Fsp3) is 0.115. The molecule has 34 heavy (non-hydrogen) atoms. The molecule has 0 aliphatic heterocycles. The number of benzene rings is 3. The molecule has 0 bridgehead atoms. The normalized spacial score (nSPS) is 10.3. The van der Waals surface area contributed by atoms with E-state index in [0.717, 1.165) is 0 Å². The molecule has 0 atom stereocenters. The van der Waals surface area contributed by atoms with Crippen LogP contribution in [0.3, 0.4) is 0 Å². The van der Waals surface area contributed by atoms with Gasteiger partial charge in [-0.3, -0.25) is 14.2 Å². The van der Waals surface area contributed by atoms with Crippen molar-refractivity contribution in [2.75, 3.05) is 7.11 Å². The zero-order valence-corrected chi connectivity index (χ0v) is 19.2. The zero-order chi connectivity index (χ0) is 24.8. The molecular weight excluding hydrogens is 458 g/mol. The number of carbonyl (C=O) groups excluding carboxylic acids is 1. The van der Waals surface area contributed by atoms with Gasteiger partial charge in [-0.25, -0.2) is 4.79 Å². The van der Waals surface area contributed by atoms with Gasteiger partial charge < -0.3 is 14.9 Å². The molecule has 4 rings (SSSR count). The Morgan fingerprint density at radius 3 is 2.09 bits per heavy atom. The number of methoxy groups -OCH3 is 1. The summed E-state index contributed by atoms with van der Waals surface area (Å²) in [6.45, 7) is 1.75. The van der Waals surface area contributed by atoms with E-state index in [4.69, 9.17) is 21.4 Å².